The van der Waals surface area contributed by atoms with Gasteiger partial charge in [0.2, 0.25) is 0 Å². The lowest BCUT2D eigenvalue weighted by Gasteiger charge is -2.29. The SMILES string of the molecule is Cc1nnc(OCC2CCCCC2CN)nc1C. The number of nitrogens with zero attached hydrogens (tertiary/aromatic N) is 3. The number of aromatic nitrogens is 3. The molecule has 1 saturated carbocycles. The third-order valence-electron chi connectivity index (χ3n) is 3.87. The summed E-state index contributed by atoms with van der Waals surface area (Å²) in [5.41, 5.74) is 7.53. The summed E-state index contributed by atoms with van der Waals surface area (Å²) < 4.78 is 5.67. The second-order valence-corrected chi connectivity index (χ2v) is 5.12. The van der Waals surface area contributed by atoms with Crippen LogP contribution in [0.3, 0.4) is 0 Å². The first-order chi connectivity index (χ1) is 8.70. The number of ether oxygens (including phenoxy) is 1. The average Bonchev–Trinajstić information content (AvgIpc) is 2.40. The fourth-order valence-electron chi connectivity index (χ4n) is 2.49. The van der Waals surface area contributed by atoms with Gasteiger partial charge in [0.25, 0.3) is 0 Å². The molecule has 1 aromatic rings. The summed E-state index contributed by atoms with van der Waals surface area (Å²) in [4.78, 5) is 4.28. The van der Waals surface area contributed by atoms with Gasteiger partial charge in [-0.1, -0.05) is 17.9 Å². The summed E-state index contributed by atoms with van der Waals surface area (Å²) in [5.74, 6) is 1.12. The molecule has 1 aromatic heterocycles. The van der Waals surface area contributed by atoms with Crippen LogP contribution in [0.15, 0.2) is 0 Å². The van der Waals surface area contributed by atoms with Gasteiger partial charge in [-0.05, 0) is 45.1 Å². The molecular formula is C13H22N4O. The number of hydrogen-bond acceptors (Lipinski definition) is 5. The predicted octanol–water partition coefficient (Wildman–Crippen LogP) is 1.63. The fourth-order valence-corrected chi connectivity index (χ4v) is 2.49. The van der Waals surface area contributed by atoms with Gasteiger partial charge in [0.05, 0.1) is 18.0 Å². The lowest BCUT2D eigenvalue weighted by molar-refractivity contribution is 0.144. The second-order valence-electron chi connectivity index (χ2n) is 5.12. The molecule has 0 spiro atoms. The van der Waals surface area contributed by atoms with E-state index < -0.39 is 0 Å². The summed E-state index contributed by atoms with van der Waals surface area (Å²) in [6, 6.07) is 0.388. The van der Waals surface area contributed by atoms with E-state index in [1.165, 1.54) is 25.7 Å². The van der Waals surface area contributed by atoms with Gasteiger partial charge in [-0.3, -0.25) is 0 Å². The molecule has 2 atom stereocenters. The normalized spacial score (nSPS) is 23.9. The molecule has 0 aromatic carbocycles. The highest BCUT2D eigenvalue weighted by Crippen LogP contribution is 2.29. The Labute approximate surface area is 108 Å². The molecule has 1 aliphatic carbocycles. The monoisotopic (exact) mass is 250 g/mol. The summed E-state index contributed by atoms with van der Waals surface area (Å²) in [6.07, 6.45) is 4.98. The van der Waals surface area contributed by atoms with Crippen LogP contribution in [-0.2, 0) is 0 Å². The van der Waals surface area contributed by atoms with E-state index in [4.69, 9.17) is 10.5 Å². The highest BCUT2D eigenvalue weighted by atomic mass is 16.5. The summed E-state index contributed by atoms with van der Waals surface area (Å²) in [5, 5.41) is 7.98. The Hall–Kier alpha value is -1.23. The zero-order chi connectivity index (χ0) is 13.0. The third kappa shape index (κ3) is 3.16. The van der Waals surface area contributed by atoms with Gasteiger partial charge < -0.3 is 10.5 Å². The Morgan fingerprint density at radius 1 is 1.11 bits per heavy atom. The second kappa shape index (κ2) is 6.09. The number of aryl methyl sites for hydroxylation is 2. The molecule has 0 aliphatic heterocycles. The van der Waals surface area contributed by atoms with Crippen molar-refractivity contribution in [2.45, 2.75) is 39.5 Å². The molecule has 1 heterocycles. The van der Waals surface area contributed by atoms with Gasteiger partial charge in [-0.15, -0.1) is 5.10 Å². The predicted molar refractivity (Wildman–Crippen MR) is 69.3 cm³/mol. The average molecular weight is 250 g/mol. The van der Waals surface area contributed by atoms with E-state index in [1.54, 1.807) is 0 Å². The maximum atomic E-state index is 5.81. The molecule has 2 unspecified atom stereocenters. The summed E-state index contributed by atoms with van der Waals surface area (Å²) >= 11 is 0. The van der Waals surface area contributed by atoms with Crippen LogP contribution in [0.4, 0.5) is 0 Å². The smallest absolute Gasteiger partial charge is 0.335 e. The van der Waals surface area contributed by atoms with Gasteiger partial charge in [0.1, 0.15) is 0 Å². The Morgan fingerprint density at radius 2 is 1.83 bits per heavy atom. The molecule has 0 bridgehead atoms. The van der Waals surface area contributed by atoms with Crippen molar-refractivity contribution < 1.29 is 4.74 Å². The molecule has 5 nitrogen and oxygen atoms in total. The van der Waals surface area contributed by atoms with Crippen LogP contribution in [-0.4, -0.2) is 28.3 Å². The van der Waals surface area contributed by atoms with Gasteiger partial charge in [-0.25, -0.2) is 0 Å². The first kappa shape index (κ1) is 13.2. The minimum atomic E-state index is 0.388. The van der Waals surface area contributed by atoms with Crippen molar-refractivity contribution in [2.75, 3.05) is 13.2 Å². The first-order valence-corrected chi connectivity index (χ1v) is 6.71. The lowest BCUT2D eigenvalue weighted by atomic mass is 9.80. The van der Waals surface area contributed by atoms with Gasteiger partial charge >= 0.3 is 6.01 Å². The van der Waals surface area contributed by atoms with E-state index in [2.05, 4.69) is 15.2 Å². The maximum Gasteiger partial charge on any atom is 0.335 e. The van der Waals surface area contributed by atoms with Crippen LogP contribution in [0.1, 0.15) is 37.1 Å². The van der Waals surface area contributed by atoms with Crippen LogP contribution in [0.2, 0.25) is 0 Å². The van der Waals surface area contributed by atoms with E-state index >= 15 is 0 Å². The standard InChI is InChI=1S/C13H22N4O/c1-9-10(2)16-17-13(15-9)18-8-12-6-4-3-5-11(12)7-14/h11-12H,3-8,14H2,1-2H3. The minimum absolute atomic E-state index is 0.388. The Morgan fingerprint density at radius 3 is 2.50 bits per heavy atom. The summed E-state index contributed by atoms with van der Waals surface area (Å²) in [7, 11) is 0. The zero-order valence-electron chi connectivity index (χ0n) is 11.2. The van der Waals surface area contributed by atoms with E-state index in [9.17, 15) is 0 Å². The number of rotatable bonds is 4. The van der Waals surface area contributed by atoms with Crippen molar-refractivity contribution in [3.05, 3.63) is 11.4 Å². The highest BCUT2D eigenvalue weighted by molar-refractivity contribution is 5.07. The molecule has 100 valence electrons. The summed E-state index contributed by atoms with van der Waals surface area (Å²) in [6.45, 7) is 5.22. The molecule has 0 radical (unpaired) electrons. The number of nitrogens with two attached hydrogens (primary N) is 1. The van der Waals surface area contributed by atoms with Crippen molar-refractivity contribution in [3.8, 4) is 6.01 Å². The zero-order valence-corrected chi connectivity index (χ0v) is 11.2. The van der Waals surface area contributed by atoms with Crippen molar-refractivity contribution in [1.29, 1.82) is 0 Å². The van der Waals surface area contributed by atoms with Crippen LogP contribution < -0.4 is 10.5 Å². The van der Waals surface area contributed by atoms with Crippen molar-refractivity contribution in [2.24, 2.45) is 17.6 Å². The molecule has 1 fully saturated rings. The molecule has 2 N–H and O–H groups in total. The van der Waals surface area contributed by atoms with Crippen LogP contribution >= 0.6 is 0 Å². The Bertz CT molecular complexity index is 397. The van der Waals surface area contributed by atoms with Crippen molar-refractivity contribution in [3.63, 3.8) is 0 Å². The molecule has 1 aliphatic rings. The highest BCUT2D eigenvalue weighted by Gasteiger charge is 2.24. The van der Waals surface area contributed by atoms with Crippen molar-refractivity contribution >= 4 is 0 Å². The van der Waals surface area contributed by atoms with E-state index in [0.717, 1.165) is 17.9 Å². The molecular weight excluding hydrogens is 228 g/mol. The molecule has 0 saturated heterocycles. The lowest BCUT2D eigenvalue weighted by Crippen LogP contribution is -2.31. The van der Waals surface area contributed by atoms with Crippen LogP contribution in [0, 0.1) is 25.7 Å². The number of hydrogen-bond donors (Lipinski definition) is 1. The van der Waals surface area contributed by atoms with Crippen molar-refractivity contribution in [1.82, 2.24) is 15.2 Å². The Balaban J connectivity index is 1.91. The molecule has 18 heavy (non-hydrogen) atoms. The van der Waals surface area contributed by atoms with E-state index in [0.29, 0.717) is 24.5 Å². The molecule has 0 amide bonds. The van der Waals surface area contributed by atoms with E-state index in [1.807, 2.05) is 13.8 Å². The third-order valence-corrected chi connectivity index (χ3v) is 3.87. The minimum Gasteiger partial charge on any atom is -0.462 e. The topological polar surface area (TPSA) is 73.9 Å². The van der Waals surface area contributed by atoms with Crippen LogP contribution in [0.25, 0.3) is 0 Å². The Kier molecular flexibility index (Phi) is 4.47. The van der Waals surface area contributed by atoms with Crippen LogP contribution in [0.5, 0.6) is 6.01 Å². The van der Waals surface area contributed by atoms with E-state index in [-0.39, 0.29) is 0 Å². The largest absolute Gasteiger partial charge is 0.462 e. The van der Waals surface area contributed by atoms with Gasteiger partial charge in [0, 0.05) is 0 Å². The van der Waals surface area contributed by atoms with Gasteiger partial charge in [-0.2, -0.15) is 4.98 Å². The fraction of sp³-hybridized carbons (Fsp3) is 0.769. The quantitative estimate of drug-likeness (QED) is 0.879. The first-order valence-electron chi connectivity index (χ1n) is 6.71. The molecule has 5 heteroatoms. The maximum absolute atomic E-state index is 5.81. The molecule has 2 rings (SSSR count). The van der Waals surface area contributed by atoms with Gasteiger partial charge in [0.15, 0.2) is 0 Å².